The number of benzene rings is 1. The van der Waals surface area contributed by atoms with Crippen LogP contribution < -0.4 is 5.32 Å². The lowest BCUT2D eigenvalue weighted by Gasteiger charge is -2.03. The molecule has 0 aliphatic rings. The highest BCUT2D eigenvalue weighted by Gasteiger charge is 2.12. The summed E-state index contributed by atoms with van der Waals surface area (Å²) in [5, 5.41) is 8.07. The first kappa shape index (κ1) is 16.0. The van der Waals surface area contributed by atoms with E-state index in [4.69, 9.17) is 0 Å². The minimum absolute atomic E-state index is 0.0298. The lowest BCUT2D eigenvalue weighted by molar-refractivity contribution is 0.0956. The summed E-state index contributed by atoms with van der Waals surface area (Å²) >= 11 is 3.14. The summed E-state index contributed by atoms with van der Waals surface area (Å²) < 4.78 is 3.03. The number of nitrogens with zero attached hydrogens (tertiary/aromatic N) is 3. The van der Waals surface area contributed by atoms with Gasteiger partial charge in [0.1, 0.15) is 5.01 Å². The highest BCUT2D eigenvalue weighted by atomic mass is 32.1. The van der Waals surface area contributed by atoms with Gasteiger partial charge in [-0.05, 0) is 36.8 Å². The van der Waals surface area contributed by atoms with E-state index in [1.54, 1.807) is 17.5 Å². The van der Waals surface area contributed by atoms with Crippen LogP contribution in [0, 0.1) is 0 Å². The van der Waals surface area contributed by atoms with E-state index < -0.39 is 0 Å². The van der Waals surface area contributed by atoms with Crippen LogP contribution in [-0.4, -0.2) is 27.2 Å². The Labute approximate surface area is 153 Å². The summed E-state index contributed by atoms with van der Waals surface area (Å²) in [5.74, 6) is -0.0298. The van der Waals surface area contributed by atoms with Crippen molar-refractivity contribution in [2.45, 2.75) is 13.0 Å². The van der Waals surface area contributed by atoms with Gasteiger partial charge in [0.15, 0.2) is 0 Å². The number of para-hydroxylation sites is 1. The van der Waals surface area contributed by atoms with E-state index in [0.29, 0.717) is 11.4 Å². The Hall–Kier alpha value is -2.51. The molecule has 0 fully saturated rings. The topological polar surface area (TPSA) is 59.8 Å². The molecule has 126 valence electrons. The molecule has 0 radical (unpaired) electrons. The Morgan fingerprint density at radius 3 is 2.88 bits per heavy atom. The van der Waals surface area contributed by atoms with Gasteiger partial charge in [-0.1, -0.05) is 12.1 Å². The van der Waals surface area contributed by atoms with Gasteiger partial charge >= 0.3 is 0 Å². The first-order valence-electron chi connectivity index (χ1n) is 8.01. The standard InChI is InChI=1S/C18H16N4OS2/c23-17(19-9-3-11-22-12-4-10-20-22)15-7-8-16(24-15)18-21-13-5-1-2-6-14(13)25-18/h1-2,4-8,10,12H,3,9,11H2,(H,19,23). The van der Waals surface area contributed by atoms with Crippen molar-refractivity contribution in [1.82, 2.24) is 20.1 Å². The van der Waals surface area contributed by atoms with E-state index in [0.717, 1.165) is 33.1 Å². The van der Waals surface area contributed by atoms with Crippen LogP contribution >= 0.6 is 22.7 Å². The predicted molar refractivity (Wildman–Crippen MR) is 102 cm³/mol. The maximum Gasteiger partial charge on any atom is 0.261 e. The quantitative estimate of drug-likeness (QED) is 0.523. The van der Waals surface area contributed by atoms with Crippen molar-refractivity contribution in [3.8, 4) is 9.88 Å². The molecule has 3 heterocycles. The highest BCUT2D eigenvalue weighted by molar-refractivity contribution is 7.26. The third kappa shape index (κ3) is 3.62. The summed E-state index contributed by atoms with van der Waals surface area (Å²) in [6.07, 6.45) is 4.53. The van der Waals surface area contributed by atoms with E-state index in [1.165, 1.54) is 11.3 Å². The molecule has 1 amide bonds. The number of fused-ring (bicyclic) bond motifs is 1. The van der Waals surface area contributed by atoms with Crippen LogP contribution in [0.25, 0.3) is 20.1 Å². The lowest BCUT2D eigenvalue weighted by atomic mass is 10.3. The maximum absolute atomic E-state index is 12.3. The zero-order valence-corrected chi connectivity index (χ0v) is 15.0. The first-order valence-corrected chi connectivity index (χ1v) is 9.64. The van der Waals surface area contributed by atoms with E-state index in [-0.39, 0.29) is 5.91 Å². The van der Waals surface area contributed by atoms with Gasteiger partial charge in [0.05, 0.1) is 20.0 Å². The number of carbonyl (C=O) groups excluding carboxylic acids is 1. The highest BCUT2D eigenvalue weighted by Crippen LogP contribution is 2.34. The van der Waals surface area contributed by atoms with Crippen molar-refractivity contribution < 1.29 is 4.79 Å². The second-order valence-electron chi connectivity index (χ2n) is 5.53. The van der Waals surface area contributed by atoms with Gasteiger partial charge in [-0.25, -0.2) is 4.98 Å². The number of thiophene rings is 1. The van der Waals surface area contributed by atoms with Crippen molar-refractivity contribution in [3.05, 3.63) is 59.7 Å². The average molecular weight is 368 g/mol. The van der Waals surface area contributed by atoms with Gasteiger partial charge in [-0.2, -0.15) is 5.10 Å². The summed E-state index contributed by atoms with van der Waals surface area (Å²) in [6.45, 7) is 1.43. The molecule has 0 aliphatic heterocycles. The van der Waals surface area contributed by atoms with Crippen LogP contribution in [0.3, 0.4) is 0 Å². The molecule has 1 N–H and O–H groups in total. The molecule has 4 rings (SSSR count). The third-order valence-corrected chi connectivity index (χ3v) is 6.03. The number of aryl methyl sites for hydroxylation is 1. The molecule has 25 heavy (non-hydrogen) atoms. The van der Waals surface area contributed by atoms with Gasteiger partial charge in [-0.3, -0.25) is 9.48 Å². The second-order valence-corrected chi connectivity index (χ2v) is 7.64. The summed E-state index contributed by atoms with van der Waals surface area (Å²) in [4.78, 5) is 18.7. The van der Waals surface area contributed by atoms with Crippen molar-refractivity contribution >= 4 is 38.8 Å². The Morgan fingerprint density at radius 2 is 2.04 bits per heavy atom. The molecule has 5 nitrogen and oxygen atoms in total. The molecule has 0 bridgehead atoms. The van der Waals surface area contributed by atoms with E-state index >= 15 is 0 Å². The zero-order valence-electron chi connectivity index (χ0n) is 13.4. The summed E-state index contributed by atoms with van der Waals surface area (Å²) in [7, 11) is 0. The Balaban J connectivity index is 1.37. The van der Waals surface area contributed by atoms with Gasteiger partial charge in [0.2, 0.25) is 0 Å². The largest absolute Gasteiger partial charge is 0.351 e. The molecule has 0 spiro atoms. The molecule has 1 aromatic carbocycles. The van der Waals surface area contributed by atoms with Crippen LogP contribution in [0.1, 0.15) is 16.1 Å². The van der Waals surface area contributed by atoms with Crippen molar-refractivity contribution in [2.75, 3.05) is 6.54 Å². The van der Waals surface area contributed by atoms with Crippen molar-refractivity contribution in [3.63, 3.8) is 0 Å². The smallest absolute Gasteiger partial charge is 0.261 e. The molecule has 7 heteroatoms. The third-order valence-electron chi connectivity index (χ3n) is 3.74. The molecule has 0 saturated carbocycles. The number of thiazole rings is 1. The van der Waals surface area contributed by atoms with Crippen LogP contribution in [0.15, 0.2) is 54.9 Å². The molecule has 0 aliphatic carbocycles. The summed E-state index contributed by atoms with van der Waals surface area (Å²) in [5.41, 5.74) is 1.00. The first-order chi connectivity index (χ1) is 12.3. The number of carbonyl (C=O) groups is 1. The molecule has 4 aromatic rings. The molecule has 0 atom stereocenters. The van der Waals surface area contributed by atoms with Gasteiger partial charge in [0, 0.05) is 25.5 Å². The second kappa shape index (κ2) is 7.16. The number of nitrogens with one attached hydrogen (secondary N) is 1. The number of rotatable bonds is 6. The van der Waals surface area contributed by atoms with Crippen LogP contribution in [0.4, 0.5) is 0 Å². The fourth-order valence-electron chi connectivity index (χ4n) is 2.52. The minimum Gasteiger partial charge on any atom is -0.351 e. The number of hydrogen-bond acceptors (Lipinski definition) is 5. The van der Waals surface area contributed by atoms with Crippen LogP contribution in [0.5, 0.6) is 0 Å². The minimum atomic E-state index is -0.0298. The lowest BCUT2D eigenvalue weighted by Crippen LogP contribution is -2.24. The van der Waals surface area contributed by atoms with Gasteiger partial charge in [-0.15, -0.1) is 22.7 Å². The zero-order chi connectivity index (χ0) is 17.1. The SMILES string of the molecule is O=C(NCCCn1cccn1)c1ccc(-c2nc3ccccc3s2)s1. The van der Waals surface area contributed by atoms with E-state index in [2.05, 4.69) is 21.5 Å². The molecular formula is C18H16N4OS2. The molecule has 0 unspecified atom stereocenters. The Bertz CT molecular complexity index is 955. The maximum atomic E-state index is 12.3. The molecular weight excluding hydrogens is 352 g/mol. The van der Waals surface area contributed by atoms with Crippen molar-refractivity contribution in [2.24, 2.45) is 0 Å². The Morgan fingerprint density at radius 1 is 1.12 bits per heavy atom. The number of hydrogen-bond donors (Lipinski definition) is 1. The predicted octanol–water partition coefficient (Wildman–Crippen LogP) is 4.04. The Kier molecular flexibility index (Phi) is 4.58. The fraction of sp³-hybridized carbons (Fsp3) is 0.167. The van der Waals surface area contributed by atoms with Gasteiger partial charge in [0.25, 0.3) is 5.91 Å². The van der Waals surface area contributed by atoms with Crippen molar-refractivity contribution in [1.29, 1.82) is 0 Å². The normalized spacial score (nSPS) is 11.0. The molecule has 3 aromatic heterocycles. The van der Waals surface area contributed by atoms with E-state index in [1.807, 2.05) is 47.3 Å². The average Bonchev–Trinajstić information content (AvgIpc) is 3.38. The van der Waals surface area contributed by atoms with Crippen LogP contribution in [-0.2, 0) is 6.54 Å². The number of aromatic nitrogens is 3. The monoisotopic (exact) mass is 368 g/mol. The van der Waals surface area contributed by atoms with Gasteiger partial charge < -0.3 is 5.32 Å². The van der Waals surface area contributed by atoms with E-state index in [9.17, 15) is 4.79 Å². The fourth-order valence-corrected chi connectivity index (χ4v) is 4.46. The number of amides is 1. The molecule has 0 saturated heterocycles. The van der Waals surface area contributed by atoms with Crippen LogP contribution in [0.2, 0.25) is 0 Å². The summed E-state index contributed by atoms with van der Waals surface area (Å²) in [6, 6.07) is 13.8.